The number of unbranched alkanes of at least 4 members (excludes halogenated alkanes) is 4. The Bertz CT molecular complexity index is 1280. The van der Waals surface area contributed by atoms with Crippen molar-refractivity contribution in [1.29, 1.82) is 0 Å². The molecule has 0 atom stereocenters. The summed E-state index contributed by atoms with van der Waals surface area (Å²) in [6, 6.07) is 6.00. The quantitative estimate of drug-likeness (QED) is 0.225. The van der Waals surface area contributed by atoms with Crippen LogP contribution >= 0.6 is 11.6 Å². The van der Waals surface area contributed by atoms with E-state index in [4.69, 9.17) is 16.3 Å². The number of carbonyl (C=O) groups is 1. The number of ether oxygens (including phenoxy) is 1. The van der Waals surface area contributed by atoms with Gasteiger partial charge in [0.05, 0.1) is 17.2 Å². The number of halogens is 3. The average molecular weight is 529 g/mol. The Balaban J connectivity index is 1.65. The van der Waals surface area contributed by atoms with Gasteiger partial charge in [0, 0.05) is 37.1 Å². The van der Waals surface area contributed by atoms with Crippen molar-refractivity contribution in [2.45, 2.75) is 39.0 Å². The van der Waals surface area contributed by atoms with Crippen molar-refractivity contribution in [2.75, 3.05) is 37.7 Å². The minimum absolute atomic E-state index is 0.0165. The first kappa shape index (κ1) is 26.8. The Morgan fingerprint density at radius 3 is 2.59 bits per heavy atom. The lowest BCUT2D eigenvalue weighted by molar-refractivity contribution is -0.126. The summed E-state index contributed by atoms with van der Waals surface area (Å²) in [4.78, 5) is 24.1. The minimum atomic E-state index is -0.732. The molecule has 0 bridgehead atoms. The number of anilines is 1. The third kappa shape index (κ3) is 5.85. The van der Waals surface area contributed by atoms with Crippen molar-refractivity contribution in [3.63, 3.8) is 0 Å². The first-order valence-electron chi connectivity index (χ1n) is 12.7. The van der Waals surface area contributed by atoms with Crippen LogP contribution in [-0.4, -0.2) is 53.6 Å². The van der Waals surface area contributed by atoms with Gasteiger partial charge in [-0.15, -0.1) is 0 Å². The highest BCUT2D eigenvalue weighted by atomic mass is 35.5. The SMILES string of the molecule is C=CC(=O)N1CCN(c2ncnc3c(F)c(-c4c(F)cccc4OCCCCCCC)c(Cl)cc23)CC1. The van der Waals surface area contributed by atoms with Gasteiger partial charge in [0.15, 0.2) is 5.82 Å². The highest BCUT2D eigenvalue weighted by Gasteiger charge is 2.26. The van der Waals surface area contributed by atoms with Gasteiger partial charge in [0.1, 0.15) is 29.2 Å². The fraction of sp³-hybridized carbons (Fsp3) is 0.393. The van der Waals surface area contributed by atoms with Crippen LogP contribution in [-0.2, 0) is 4.79 Å². The fourth-order valence-electron chi connectivity index (χ4n) is 4.62. The van der Waals surface area contributed by atoms with Gasteiger partial charge >= 0.3 is 0 Å². The van der Waals surface area contributed by atoms with Crippen LogP contribution in [0.4, 0.5) is 14.6 Å². The number of hydrogen-bond acceptors (Lipinski definition) is 5. The molecular weight excluding hydrogens is 498 g/mol. The van der Waals surface area contributed by atoms with E-state index in [-0.39, 0.29) is 33.3 Å². The monoisotopic (exact) mass is 528 g/mol. The van der Waals surface area contributed by atoms with Crippen LogP contribution in [0.1, 0.15) is 39.0 Å². The second-order valence-electron chi connectivity index (χ2n) is 9.03. The maximum absolute atomic E-state index is 16.0. The van der Waals surface area contributed by atoms with Crippen LogP contribution in [0.2, 0.25) is 5.02 Å². The van der Waals surface area contributed by atoms with Crippen LogP contribution in [0.15, 0.2) is 43.2 Å². The summed E-state index contributed by atoms with van der Waals surface area (Å²) in [6.07, 6.45) is 7.84. The lowest BCUT2D eigenvalue weighted by Crippen LogP contribution is -2.48. The zero-order valence-corrected chi connectivity index (χ0v) is 21.7. The predicted molar refractivity (Wildman–Crippen MR) is 143 cm³/mol. The van der Waals surface area contributed by atoms with Crippen LogP contribution in [0.25, 0.3) is 22.0 Å². The summed E-state index contributed by atoms with van der Waals surface area (Å²) in [7, 11) is 0. The van der Waals surface area contributed by atoms with E-state index in [2.05, 4.69) is 23.5 Å². The molecule has 1 fully saturated rings. The number of aromatic nitrogens is 2. The van der Waals surface area contributed by atoms with E-state index >= 15 is 8.78 Å². The molecule has 9 heteroatoms. The third-order valence-electron chi connectivity index (χ3n) is 6.60. The molecule has 37 heavy (non-hydrogen) atoms. The number of amides is 1. The largest absolute Gasteiger partial charge is 0.493 e. The summed E-state index contributed by atoms with van der Waals surface area (Å²) in [5, 5.41) is 0.464. The molecule has 2 heterocycles. The smallest absolute Gasteiger partial charge is 0.246 e. The van der Waals surface area contributed by atoms with E-state index in [1.807, 2.05) is 4.90 Å². The van der Waals surface area contributed by atoms with Gasteiger partial charge in [-0.25, -0.2) is 18.7 Å². The molecule has 1 aliphatic heterocycles. The summed E-state index contributed by atoms with van der Waals surface area (Å²) in [5.74, 6) is -0.728. The van der Waals surface area contributed by atoms with Crippen LogP contribution in [0.5, 0.6) is 5.75 Å². The molecular formula is C28H31ClF2N4O2. The van der Waals surface area contributed by atoms with Gasteiger partial charge in [-0.3, -0.25) is 4.79 Å². The van der Waals surface area contributed by atoms with Crippen molar-refractivity contribution in [3.8, 4) is 16.9 Å². The van der Waals surface area contributed by atoms with Gasteiger partial charge in [-0.05, 0) is 30.7 Å². The molecule has 1 amide bonds. The number of nitrogens with zero attached hydrogens (tertiary/aromatic N) is 4. The number of carbonyl (C=O) groups excluding carboxylic acids is 1. The minimum Gasteiger partial charge on any atom is -0.493 e. The Labute approximate surface area is 220 Å². The first-order valence-corrected chi connectivity index (χ1v) is 13.0. The average Bonchev–Trinajstić information content (AvgIpc) is 2.91. The molecule has 0 saturated carbocycles. The molecule has 0 spiro atoms. The lowest BCUT2D eigenvalue weighted by atomic mass is 10.0. The predicted octanol–water partition coefficient (Wildman–Crippen LogP) is 6.41. The molecule has 0 unspecified atom stereocenters. The van der Waals surface area contributed by atoms with Crippen molar-refractivity contribution in [3.05, 3.63) is 59.9 Å². The number of fused-ring (bicyclic) bond motifs is 1. The maximum Gasteiger partial charge on any atom is 0.246 e. The van der Waals surface area contributed by atoms with Crippen molar-refractivity contribution < 1.29 is 18.3 Å². The molecule has 0 N–H and O–H groups in total. The molecule has 196 valence electrons. The lowest BCUT2D eigenvalue weighted by Gasteiger charge is -2.35. The number of piperazine rings is 1. The van der Waals surface area contributed by atoms with Crippen molar-refractivity contribution in [1.82, 2.24) is 14.9 Å². The highest BCUT2D eigenvalue weighted by molar-refractivity contribution is 6.34. The Morgan fingerprint density at radius 1 is 1.11 bits per heavy atom. The number of rotatable bonds is 10. The molecule has 2 aromatic carbocycles. The summed E-state index contributed by atoms with van der Waals surface area (Å²) >= 11 is 6.60. The van der Waals surface area contributed by atoms with Gasteiger partial charge in [0.25, 0.3) is 0 Å². The topological polar surface area (TPSA) is 58.6 Å². The van der Waals surface area contributed by atoms with E-state index < -0.39 is 11.6 Å². The van der Waals surface area contributed by atoms with Crippen LogP contribution in [0, 0.1) is 11.6 Å². The van der Waals surface area contributed by atoms with E-state index in [0.29, 0.717) is 44.0 Å². The van der Waals surface area contributed by atoms with Crippen molar-refractivity contribution >= 4 is 34.2 Å². The summed E-state index contributed by atoms with van der Waals surface area (Å²) in [5.41, 5.74) is -0.0563. The maximum atomic E-state index is 16.0. The Morgan fingerprint density at radius 2 is 1.86 bits per heavy atom. The van der Waals surface area contributed by atoms with Crippen molar-refractivity contribution in [2.24, 2.45) is 0 Å². The second kappa shape index (κ2) is 12.3. The standard InChI is InChI=1S/C28H31ClF2N4O2/c1-3-5-6-7-8-16-37-22-11-9-10-21(30)25(22)24-20(29)17-19-27(26(24)31)32-18-33-28(19)35-14-12-34(13-15-35)23(36)4-2/h4,9-11,17-18H,2-3,5-8,12-16H2,1H3. The normalized spacial score (nSPS) is 13.7. The highest BCUT2D eigenvalue weighted by Crippen LogP contribution is 2.42. The fourth-order valence-corrected chi connectivity index (χ4v) is 4.91. The molecule has 3 aromatic rings. The number of hydrogen-bond donors (Lipinski definition) is 0. The van der Waals surface area contributed by atoms with Gasteiger partial charge in [-0.1, -0.05) is 56.9 Å². The first-order chi connectivity index (χ1) is 18.0. The molecule has 0 aliphatic carbocycles. The van der Waals surface area contributed by atoms with Crippen LogP contribution < -0.4 is 9.64 Å². The Kier molecular flexibility index (Phi) is 8.92. The molecule has 0 radical (unpaired) electrons. The number of benzene rings is 2. The summed E-state index contributed by atoms with van der Waals surface area (Å²) in [6.45, 7) is 8.08. The third-order valence-corrected chi connectivity index (χ3v) is 6.89. The van der Waals surface area contributed by atoms with Gasteiger partial charge in [-0.2, -0.15) is 0 Å². The molecule has 1 aromatic heterocycles. The second-order valence-corrected chi connectivity index (χ2v) is 9.44. The molecule has 6 nitrogen and oxygen atoms in total. The molecule has 4 rings (SSSR count). The Hall–Kier alpha value is -3.26. The van der Waals surface area contributed by atoms with E-state index in [0.717, 1.165) is 32.1 Å². The molecule has 1 saturated heterocycles. The van der Waals surface area contributed by atoms with Crippen LogP contribution in [0.3, 0.4) is 0 Å². The summed E-state index contributed by atoms with van der Waals surface area (Å²) < 4.78 is 37.0. The van der Waals surface area contributed by atoms with E-state index in [1.54, 1.807) is 17.0 Å². The van der Waals surface area contributed by atoms with E-state index in [9.17, 15) is 4.79 Å². The molecule has 1 aliphatic rings. The zero-order chi connectivity index (χ0) is 26.4. The zero-order valence-electron chi connectivity index (χ0n) is 21.0. The van der Waals surface area contributed by atoms with E-state index in [1.165, 1.54) is 24.5 Å². The van der Waals surface area contributed by atoms with Gasteiger partial charge < -0.3 is 14.5 Å². The van der Waals surface area contributed by atoms with Gasteiger partial charge in [0.2, 0.25) is 5.91 Å².